The zero-order chi connectivity index (χ0) is 20.1. The highest BCUT2D eigenvalue weighted by atomic mass is 35.5. The molecule has 140 valence electrons. The van der Waals surface area contributed by atoms with Gasteiger partial charge in [0.2, 0.25) is 5.95 Å². The zero-order valence-corrected chi connectivity index (χ0v) is 16.2. The topological polar surface area (TPSA) is 93.9 Å². The molecule has 0 saturated heterocycles. The summed E-state index contributed by atoms with van der Waals surface area (Å²) >= 11 is 12.2. The minimum absolute atomic E-state index is 0.169. The summed E-state index contributed by atoms with van der Waals surface area (Å²) in [5.74, 6) is 0.637. The fourth-order valence-electron chi connectivity index (χ4n) is 2.29. The Morgan fingerprint density at radius 2 is 1.86 bits per heavy atom. The van der Waals surface area contributed by atoms with Crippen LogP contribution in [0, 0.1) is 11.3 Å². The third-order valence-electron chi connectivity index (χ3n) is 3.71. The molecular formula is C19H14Cl2N6O. The van der Waals surface area contributed by atoms with Crippen LogP contribution in [-0.4, -0.2) is 23.0 Å². The Kier molecular flexibility index (Phi) is 5.94. The molecule has 1 aromatic heterocycles. The lowest BCUT2D eigenvalue weighted by Crippen LogP contribution is -2.32. The standard InChI is InChI=1S/C19H14Cl2N6O/c1-27(19(28)26-17-14(20)6-3-7-15(17)21)18-23-9-8-16(25-18)24-13-5-2-4-12(10-13)11-22/h2-10H,1H3,(H,26,28)(H,23,24,25). The number of rotatable bonds is 4. The number of nitrogens with one attached hydrogen (secondary N) is 2. The van der Waals surface area contributed by atoms with Crippen LogP contribution in [0.1, 0.15) is 5.56 Å². The Morgan fingerprint density at radius 1 is 1.14 bits per heavy atom. The van der Waals surface area contributed by atoms with Crippen LogP contribution in [-0.2, 0) is 0 Å². The second-order valence-corrected chi connectivity index (χ2v) is 6.46. The summed E-state index contributed by atoms with van der Waals surface area (Å²) in [6, 6.07) is 15.1. The molecule has 0 unspecified atom stereocenters. The van der Waals surface area contributed by atoms with E-state index in [2.05, 4.69) is 26.7 Å². The van der Waals surface area contributed by atoms with Gasteiger partial charge in [-0.1, -0.05) is 35.3 Å². The van der Waals surface area contributed by atoms with Gasteiger partial charge in [-0.3, -0.25) is 4.90 Å². The molecule has 0 aliphatic heterocycles. The Balaban J connectivity index is 1.77. The molecule has 0 aliphatic rings. The first kappa shape index (κ1) is 19.4. The Hall–Kier alpha value is -3.34. The molecule has 0 fully saturated rings. The van der Waals surface area contributed by atoms with Gasteiger partial charge in [0, 0.05) is 18.9 Å². The molecule has 3 rings (SSSR count). The largest absolute Gasteiger partial charge is 0.340 e. The summed E-state index contributed by atoms with van der Waals surface area (Å²) in [6.45, 7) is 0. The van der Waals surface area contributed by atoms with Crippen LogP contribution in [0.2, 0.25) is 10.0 Å². The molecule has 0 aliphatic carbocycles. The first-order chi connectivity index (χ1) is 13.5. The van der Waals surface area contributed by atoms with Crippen molar-refractivity contribution in [1.82, 2.24) is 9.97 Å². The Bertz CT molecular complexity index is 1050. The molecule has 2 amide bonds. The number of carbonyl (C=O) groups excluding carboxylic acids is 1. The summed E-state index contributed by atoms with van der Waals surface area (Å²) in [4.78, 5) is 22.2. The van der Waals surface area contributed by atoms with Gasteiger partial charge < -0.3 is 10.6 Å². The highest BCUT2D eigenvalue weighted by molar-refractivity contribution is 6.39. The number of aromatic nitrogens is 2. The quantitative estimate of drug-likeness (QED) is 0.623. The molecule has 7 nitrogen and oxygen atoms in total. The third-order valence-corrected chi connectivity index (χ3v) is 4.34. The van der Waals surface area contributed by atoms with Crippen molar-refractivity contribution in [3.63, 3.8) is 0 Å². The third kappa shape index (κ3) is 4.49. The molecule has 2 aromatic carbocycles. The number of nitriles is 1. The molecule has 28 heavy (non-hydrogen) atoms. The van der Waals surface area contributed by atoms with Crippen LogP contribution in [0.15, 0.2) is 54.7 Å². The molecular weight excluding hydrogens is 399 g/mol. The highest BCUT2D eigenvalue weighted by Crippen LogP contribution is 2.30. The maximum atomic E-state index is 12.5. The van der Waals surface area contributed by atoms with Gasteiger partial charge in [-0.2, -0.15) is 10.2 Å². The number of para-hydroxylation sites is 1. The van der Waals surface area contributed by atoms with E-state index < -0.39 is 6.03 Å². The van der Waals surface area contributed by atoms with Crippen molar-refractivity contribution in [3.05, 3.63) is 70.3 Å². The fraction of sp³-hybridized carbons (Fsp3) is 0.0526. The summed E-state index contributed by atoms with van der Waals surface area (Å²) in [5.41, 5.74) is 1.52. The summed E-state index contributed by atoms with van der Waals surface area (Å²) < 4.78 is 0. The van der Waals surface area contributed by atoms with E-state index in [-0.39, 0.29) is 5.95 Å². The first-order valence-corrected chi connectivity index (χ1v) is 8.82. The van der Waals surface area contributed by atoms with Gasteiger partial charge >= 0.3 is 6.03 Å². The average Bonchev–Trinajstić information content (AvgIpc) is 2.70. The van der Waals surface area contributed by atoms with Crippen molar-refractivity contribution in [3.8, 4) is 6.07 Å². The van der Waals surface area contributed by atoms with Crippen molar-refractivity contribution in [1.29, 1.82) is 5.26 Å². The number of carbonyl (C=O) groups is 1. The maximum Gasteiger partial charge on any atom is 0.328 e. The van der Waals surface area contributed by atoms with Crippen molar-refractivity contribution >= 4 is 52.4 Å². The molecule has 3 aromatic rings. The molecule has 1 heterocycles. The van der Waals surface area contributed by atoms with Gasteiger partial charge in [0.05, 0.1) is 27.4 Å². The monoisotopic (exact) mass is 412 g/mol. The number of hydrogen-bond acceptors (Lipinski definition) is 5. The minimum atomic E-state index is -0.501. The van der Waals surface area contributed by atoms with Gasteiger partial charge in [-0.25, -0.2) is 9.78 Å². The minimum Gasteiger partial charge on any atom is -0.340 e. The Labute approximate surface area is 171 Å². The van der Waals surface area contributed by atoms with E-state index in [1.54, 1.807) is 48.5 Å². The fourth-order valence-corrected chi connectivity index (χ4v) is 2.78. The lowest BCUT2D eigenvalue weighted by atomic mass is 10.2. The van der Waals surface area contributed by atoms with Gasteiger partial charge in [0.15, 0.2) is 0 Å². The van der Waals surface area contributed by atoms with Crippen LogP contribution in [0.3, 0.4) is 0 Å². The SMILES string of the molecule is CN(C(=O)Nc1c(Cl)cccc1Cl)c1nccc(Nc2cccc(C#N)c2)n1. The van der Waals surface area contributed by atoms with E-state index in [9.17, 15) is 4.79 Å². The molecule has 9 heteroatoms. The molecule has 2 N–H and O–H groups in total. The predicted molar refractivity (Wildman–Crippen MR) is 110 cm³/mol. The predicted octanol–water partition coefficient (Wildman–Crippen LogP) is 5.07. The molecule has 0 spiro atoms. The van der Waals surface area contributed by atoms with E-state index in [1.165, 1.54) is 18.1 Å². The van der Waals surface area contributed by atoms with Gasteiger partial charge in [0.25, 0.3) is 0 Å². The van der Waals surface area contributed by atoms with Crippen LogP contribution in [0.4, 0.5) is 27.9 Å². The number of urea groups is 1. The van der Waals surface area contributed by atoms with Gasteiger partial charge in [-0.05, 0) is 36.4 Å². The summed E-state index contributed by atoms with van der Waals surface area (Å²) in [7, 11) is 1.52. The number of amides is 2. The molecule has 0 bridgehead atoms. The van der Waals surface area contributed by atoms with E-state index >= 15 is 0 Å². The van der Waals surface area contributed by atoms with Crippen molar-refractivity contribution in [2.75, 3.05) is 22.6 Å². The van der Waals surface area contributed by atoms with E-state index in [4.69, 9.17) is 28.5 Å². The van der Waals surface area contributed by atoms with Crippen molar-refractivity contribution < 1.29 is 4.79 Å². The number of anilines is 4. The second-order valence-electron chi connectivity index (χ2n) is 5.65. The van der Waals surface area contributed by atoms with Crippen molar-refractivity contribution in [2.45, 2.75) is 0 Å². The highest BCUT2D eigenvalue weighted by Gasteiger charge is 2.17. The number of benzene rings is 2. The molecule has 0 saturated carbocycles. The first-order valence-electron chi connectivity index (χ1n) is 8.07. The summed E-state index contributed by atoms with van der Waals surface area (Å²) in [5, 5.41) is 15.4. The number of halogens is 2. The smallest absolute Gasteiger partial charge is 0.328 e. The summed E-state index contributed by atoms with van der Waals surface area (Å²) in [6.07, 6.45) is 1.52. The average molecular weight is 413 g/mol. The van der Waals surface area contributed by atoms with Crippen LogP contribution >= 0.6 is 23.2 Å². The van der Waals surface area contributed by atoms with Crippen LogP contribution in [0.5, 0.6) is 0 Å². The van der Waals surface area contributed by atoms with Gasteiger partial charge in [0.1, 0.15) is 5.82 Å². The number of nitrogens with zero attached hydrogens (tertiary/aromatic N) is 4. The normalized spacial score (nSPS) is 10.1. The molecule has 0 atom stereocenters. The van der Waals surface area contributed by atoms with E-state index in [0.717, 1.165) is 0 Å². The number of hydrogen-bond donors (Lipinski definition) is 2. The maximum absolute atomic E-state index is 12.5. The van der Waals surface area contributed by atoms with Gasteiger partial charge in [-0.15, -0.1) is 0 Å². The molecule has 0 radical (unpaired) electrons. The lowest BCUT2D eigenvalue weighted by Gasteiger charge is -2.18. The van der Waals surface area contributed by atoms with E-state index in [0.29, 0.717) is 32.8 Å². The zero-order valence-electron chi connectivity index (χ0n) is 14.6. The lowest BCUT2D eigenvalue weighted by molar-refractivity contribution is 0.257. The van der Waals surface area contributed by atoms with Crippen molar-refractivity contribution in [2.24, 2.45) is 0 Å². The Morgan fingerprint density at radius 3 is 2.57 bits per heavy atom. The van der Waals surface area contributed by atoms with E-state index in [1.807, 2.05) is 0 Å². The second kappa shape index (κ2) is 8.57. The van der Waals surface area contributed by atoms with Crippen LogP contribution in [0.25, 0.3) is 0 Å². The van der Waals surface area contributed by atoms with Crippen LogP contribution < -0.4 is 15.5 Å².